The van der Waals surface area contributed by atoms with Crippen LogP contribution in [0.2, 0.25) is 0 Å². The summed E-state index contributed by atoms with van der Waals surface area (Å²) in [5.74, 6) is 0.713. The molecule has 118 valence electrons. The Morgan fingerprint density at radius 1 is 1.00 bits per heavy atom. The van der Waals surface area contributed by atoms with Crippen molar-refractivity contribution in [2.24, 2.45) is 0 Å². The number of unbranched alkanes of at least 4 members (excludes halogenated alkanes) is 6. The van der Waals surface area contributed by atoms with Crippen LogP contribution in [-0.2, 0) is 0 Å². The van der Waals surface area contributed by atoms with Gasteiger partial charge >= 0.3 is 0 Å². The molecule has 1 unspecified atom stereocenters. The Morgan fingerprint density at radius 2 is 1.67 bits per heavy atom. The summed E-state index contributed by atoms with van der Waals surface area (Å²) in [5.41, 5.74) is 2.62. The Balaban J connectivity index is 1.72. The molecule has 1 saturated carbocycles. The van der Waals surface area contributed by atoms with Crippen molar-refractivity contribution in [3.8, 4) is 0 Å². The second-order valence-electron chi connectivity index (χ2n) is 6.68. The Kier molecular flexibility index (Phi) is 7.29. The fraction of sp³-hybridized carbons (Fsp3) is 0.700. The van der Waals surface area contributed by atoms with Crippen molar-refractivity contribution in [1.29, 1.82) is 0 Å². The van der Waals surface area contributed by atoms with Gasteiger partial charge in [0.05, 0.1) is 6.10 Å². The summed E-state index contributed by atoms with van der Waals surface area (Å²) in [6.07, 6.45) is 13.8. The third kappa shape index (κ3) is 5.14. The van der Waals surface area contributed by atoms with Crippen LogP contribution in [0.5, 0.6) is 0 Å². The molecule has 1 fully saturated rings. The zero-order chi connectivity index (χ0) is 14.9. The van der Waals surface area contributed by atoms with Gasteiger partial charge in [-0.15, -0.1) is 0 Å². The summed E-state index contributed by atoms with van der Waals surface area (Å²) in [5, 5.41) is 10.5. The van der Waals surface area contributed by atoms with E-state index in [1.165, 1.54) is 68.9 Å². The quantitative estimate of drug-likeness (QED) is 0.513. The molecule has 1 aromatic carbocycles. The third-order valence-electron chi connectivity index (χ3n) is 4.98. The second kappa shape index (κ2) is 9.25. The molecule has 1 heteroatoms. The van der Waals surface area contributed by atoms with E-state index in [2.05, 4.69) is 31.2 Å². The maximum atomic E-state index is 10.5. The van der Waals surface area contributed by atoms with Crippen LogP contribution >= 0.6 is 0 Å². The molecule has 0 aliphatic heterocycles. The average molecular weight is 288 g/mol. The maximum Gasteiger partial charge on any atom is 0.0792 e. The lowest BCUT2D eigenvalue weighted by Crippen LogP contribution is -2.13. The molecule has 0 saturated heterocycles. The van der Waals surface area contributed by atoms with Crippen LogP contribution in [0.3, 0.4) is 0 Å². The van der Waals surface area contributed by atoms with Gasteiger partial charge in [0.25, 0.3) is 0 Å². The summed E-state index contributed by atoms with van der Waals surface area (Å²) >= 11 is 0. The van der Waals surface area contributed by atoms with Crippen molar-refractivity contribution in [3.63, 3.8) is 0 Å². The van der Waals surface area contributed by atoms with Gasteiger partial charge in [0.15, 0.2) is 0 Å². The number of hydrogen-bond acceptors (Lipinski definition) is 1. The standard InChI is InChI=1S/C20H32O/c1-2-3-4-5-6-7-8-16-20(21)19-15-10-9-14-18(19)17-12-11-13-17/h9-10,14-15,17,20-21H,2-8,11-13,16H2,1H3. The smallest absolute Gasteiger partial charge is 0.0792 e. The van der Waals surface area contributed by atoms with Gasteiger partial charge in [-0.2, -0.15) is 0 Å². The Morgan fingerprint density at radius 3 is 2.33 bits per heavy atom. The van der Waals surface area contributed by atoms with Crippen molar-refractivity contribution in [2.45, 2.75) is 89.6 Å². The first-order valence-corrected chi connectivity index (χ1v) is 9.09. The molecule has 0 aromatic heterocycles. The SMILES string of the molecule is CCCCCCCCCC(O)c1ccccc1C1CCC1. The molecule has 1 aromatic rings. The molecule has 0 heterocycles. The summed E-state index contributed by atoms with van der Waals surface area (Å²) < 4.78 is 0. The minimum absolute atomic E-state index is 0.252. The topological polar surface area (TPSA) is 20.2 Å². The summed E-state index contributed by atoms with van der Waals surface area (Å²) in [4.78, 5) is 0. The van der Waals surface area contributed by atoms with E-state index < -0.39 is 0 Å². The van der Waals surface area contributed by atoms with E-state index in [4.69, 9.17) is 0 Å². The van der Waals surface area contributed by atoms with Crippen molar-refractivity contribution < 1.29 is 5.11 Å². The van der Waals surface area contributed by atoms with Crippen molar-refractivity contribution in [3.05, 3.63) is 35.4 Å². The number of hydrogen-bond donors (Lipinski definition) is 1. The summed E-state index contributed by atoms with van der Waals surface area (Å²) in [6.45, 7) is 2.26. The lowest BCUT2D eigenvalue weighted by Gasteiger charge is -2.29. The highest BCUT2D eigenvalue weighted by molar-refractivity contribution is 5.33. The van der Waals surface area contributed by atoms with Gasteiger partial charge < -0.3 is 5.11 Å². The van der Waals surface area contributed by atoms with Crippen LogP contribution < -0.4 is 0 Å². The average Bonchev–Trinajstić information content (AvgIpc) is 2.45. The first-order chi connectivity index (χ1) is 10.3. The first kappa shape index (κ1) is 16.5. The first-order valence-electron chi connectivity index (χ1n) is 9.09. The fourth-order valence-corrected chi connectivity index (χ4v) is 3.36. The molecule has 1 N–H and O–H groups in total. The Hall–Kier alpha value is -0.820. The van der Waals surface area contributed by atoms with E-state index in [1.54, 1.807) is 0 Å². The van der Waals surface area contributed by atoms with Crippen LogP contribution in [0.1, 0.15) is 101 Å². The number of benzene rings is 1. The van der Waals surface area contributed by atoms with Gasteiger partial charge in [-0.1, -0.05) is 82.6 Å². The van der Waals surface area contributed by atoms with E-state index in [9.17, 15) is 5.11 Å². The lowest BCUT2D eigenvalue weighted by molar-refractivity contribution is 0.161. The third-order valence-corrected chi connectivity index (χ3v) is 4.98. The normalized spacial score (nSPS) is 16.7. The van der Waals surface area contributed by atoms with Crippen LogP contribution in [0.15, 0.2) is 24.3 Å². The Labute approximate surface area is 130 Å². The molecule has 21 heavy (non-hydrogen) atoms. The van der Waals surface area contributed by atoms with Gasteiger partial charge in [0.1, 0.15) is 0 Å². The predicted molar refractivity (Wildman–Crippen MR) is 90.6 cm³/mol. The number of rotatable bonds is 10. The monoisotopic (exact) mass is 288 g/mol. The minimum atomic E-state index is -0.252. The molecule has 2 rings (SSSR count). The highest BCUT2D eigenvalue weighted by atomic mass is 16.3. The van der Waals surface area contributed by atoms with Gasteiger partial charge in [-0.25, -0.2) is 0 Å². The largest absolute Gasteiger partial charge is 0.388 e. The number of aliphatic hydroxyl groups is 1. The molecule has 1 nitrogen and oxygen atoms in total. The molecule has 0 radical (unpaired) electrons. The second-order valence-corrected chi connectivity index (χ2v) is 6.68. The minimum Gasteiger partial charge on any atom is -0.388 e. The zero-order valence-electron chi connectivity index (χ0n) is 13.7. The molecular weight excluding hydrogens is 256 g/mol. The van der Waals surface area contributed by atoms with Crippen molar-refractivity contribution in [2.75, 3.05) is 0 Å². The van der Waals surface area contributed by atoms with E-state index in [1.807, 2.05) is 0 Å². The molecule has 1 aliphatic rings. The zero-order valence-corrected chi connectivity index (χ0v) is 13.7. The Bertz CT molecular complexity index is 395. The van der Waals surface area contributed by atoms with Crippen LogP contribution in [0, 0.1) is 0 Å². The maximum absolute atomic E-state index is 10.5. The molecule has 0 amide bonds. The van der Waals surface area contributed by atoms with E-state index in [0.717, 1.165) is 12.8 Å². The van der Waals surface area contributed by atoms with Gasteiger partial charge in [0.2, 0.25) is 0 Å². The number of aliphatic hydroxyl groups excluding tert-OH is 1. The molecule has 0 bridgehead atoms. The molecule has 1 atom stereocenters. The highest BCUT2D eigenvalue weighted by Crippen LogP contribution is 2.40. The summed E-state index contributed by atoms with van der Waals surface area (Å²) in [6, 6.07) is 8.57. The summed E-state index contributed by atoms with van der Waals surface area (Å²) in [7, 11) is 0. The highest BCUT2D eigenvalue weighted by Gasteiger charge is 2.23. The fourth-order valence-electron chi connectivity index (χ4n) is 3.36. The van der Waals surface area contributed by atoms with Gasteiger partial charge in [0, 0.05) is 0 Å². The van der Waals surface area contributed by atoms with E-state index in [-0.39, 0.29) is 6.10 Å². The van der Waals surface area contributed by atoms with Gasteiger partial charge in [-0.3, -0.25) is 0 Å². The molecular formula is C20H32O. The van der Waals surface area contributed by atoms with Crippen molar-refractivity contribution >= 4 is 0 Å². The van der Waals surface area contributed by atoms with Gasteiger partial charge in [-0.05, 0) is 36.3 Å². The van der Waals surface area contributed by atoms with E-state index >= 15 is 0 Å². The lowest BCUT2D eigenvalue weighted by atomic mass is 9.77. The molecule has 1 aliphatic carbocycles. The van der Waals surface area contributed by atoms with Crippen LogP contribution in [0.25, 0.3) is 0 Å². The van der Waals surface area contributed by atoms with Crippen LogP contribution in [-0.4, -0.2) is 5.11 Å². The van der Waals surface area contributed by atoms with Crippen molar-refractivity contribution in [1.82, 2.24) is 0 Å². The molecule has 0 spiro atoms. The van der Waals surface area contributed by atoms with Crippen LogP contribution in [0.4, 0.5) is 0 Å². The predicted octanol–water partition coefficient (Wildman–Crippen LogP) is 6.13. The van der Waals surface area contributed by atoms with E-state index in [0.29, 0.717) is 5.92 Å².